The quantitative estimate of drug-likeness (QED) is 0.638. The van der Waals surface area contributed by atoms with Gasteiger partial charge in [0.05, 0.1) is 6.07 Å². The van der Waals surface area contributed by atoms with Crippen LogP contribution in [0.5, 0.6) is 0 Å². The maximum Gasteiger partial charge on any atom is 0.0655 e. The molecule has 0 aromatic carbocycles. The first-order valence-electron chi connectivity index (χ1n) is 5.78. The average Bonchev–Trinajstić information content (AvgIpc) is 2.00. The third-order valence-corrected chi connectivity index (χ3v) is 2.47. The molecule has 0 rings (SSSR count). The Morgan fingerprint density at radius 2 is 1.86 bits per heavy atom. The highest BCUT2D eigenvalue weighted by Crippen LogP contribution is 2.28. The van der Waals surface area contributed by atoms with Crippen molar-refractivity contribution in [3.05, 3.63) is 0 Å². The molecule has 0 aliphatic heterocycles. The number of nitrogens with zero attached hydrogens (tertiary/aromatic N) is 1. The first kappa shape index (κ1) is 13.5. The fourth-order valence-electron chi connectivity index (χ4n) is 2.20. The zero-order chi connectivity index (χ0) is 11.2. The van der Waals surface area contributed by atoms with Gasteiger partial charge in [0.2, 0.25) is 0 Å². The monoisotopic (exact) mass is 195 g/mol. The molecular weight excluding hydrogens is 170 g/mol. The van der Waals surface area contributed by atoms with E-state index < -0.39 is 0 Å². The van der Waals surface area contributed by atoms with Crippen molar-refractivity contribution in [3.8, 4) is 6.07 Å². The van der Waals surface area contributed by atoms with Gasteiger partial charge in [-0.25, -0.2) is 0 Å². The van der Waals surface area contributed by atoms with Gasteiger partial charge in [0.15, 0.2) is 0 Å². The molecule has 14 heavy (non-hydrogen) atoms. The Kier molecular flexibility index (Phi) is 5.84. The molecule has 0 bridgehead atoms. The van der Waals surface area contributed by atoms with E-state index >= 15 is 0 Å². The predicted octanol–water partition coefficient (Wildman–Crippen LogP) is 4.39. The van der Waals surface area contributed by atoms with Gasteiger partial charge in [-0.2, -0.15) is 5.26 Å². The van der Waals surface area contributed by atoms with Gasteiger partial charge in [-0.1, -0.05) is 41.0 Å². The molecule has 0 saturated heterocycles. The zero-order valence-corrected chi connectivity index (χ0v) is 10.4. The molecule has 2 atom stereocenters. The molecule has 0 saturated carbocycles. The maximum absolute atomic E-state index is 8.95. The van der Waals surface area contributed by atoms with E-state index in [0.717, 1.165) is 19.3 Å². The van der Waals surface area contributed by atoms with Crippen LogP contribution in [0.1, 0.15) is 60.3 Å². The molecule has 82 valence electrons. The second kappa shape index (κ2) is 6.06. The molecule has 0 aromatic heterocycles. The summed E-state index contributed by atoms with van der Waals surface area (Å²) in [5.41, 5.74) is 0.394. The summed E-state index contributed by atoms with van der Waals surface area (Å²) in [5.74, 6) is 0.948. The molecule has 1 nitrogen and oxygen atoms in total. The van der Waals surface area contributed by atoms with E-state index in [1.54, 1.807) is 0 Å². The molecule has 0 amide bonds. The van der Waals surface area contributed by atoms with Gasteiger partial charge in [-0.05, 0) is 30.6 Å². The molecular formula is C13H25N. The minimum absolute atomic E-state index is 0.275. The number of hydrogen-bond donors (Lipinski definition) is 0. The van der Waals surface area contributed by atoms with Crippen molar-refractivity contribution in [2.24, 2.45) is 17.3 Å². The van der Waals surface area contributed by atoms with Crippen molar-refractivity contribution >= 4 is 0 Å². The molecule has 0 N–H and O–H groups in total. The van der Waals surface area contributed by atoms with Crippen LogP contribution >= 0.6 is 0 Å². The lowest BCUT2D eigenvalue weighted by atomic mass is 9.81. The molecule has 0 fully saturated rings. The molecule has 0 radical (unpaired) electrons. The number of rotatable bonds is 5. The number of hydrogen-bond acceptors (Lipinski definition) is 1. The summed E-state index contributed by atoms with van der Waals surface area (Å²) < 4.78 is 0. The lowest BCUT2D eigenvalue weighted by Crippen LogP contribution is -2.13. The molecule has 1 heteroatoms. The van der Waals surface area contributed by atoms with Crippen LogP contribution in [0.4, 0.5) is 0 Å². The largest absolute Gasteiger partial charge is 0.198 e. The number of nitriles is 1. The second-order valence-electron chi connectivity index (χ2n) is 5.72. The highest BCUT2D eigenvalue weighted by atomic mass is 14.3. The summed E-state index contributed by atoms with van der Waals surface area (Å²) in [4.78, 5) is 0. The van der Waals surface area contributed by atoms with Crippen LogP contribution in [0.3, 0.4) is 0 Å². The van der Waals surface area contributed by atoms with Gasteiger partial charge in [-0.15, -0.1) is 0 Å². The molecule has 0 aromatic rings. The van der Waals surface area contributed by atoms with Crippen LogP contribution in [-0.4, -0.2) is 0 Å². The summed E-state index contributed by atoms with van der Waals surface area (Å²) in [6.45, 7) is 11.2. The van der Waals surface area contributed by atoms with Crippen LogP contribution < -0.4 is 0 Å². The van der Waals surface area contributed by atoms with Gasteiger partial charge in [0, 0.05) is 5.92 Å². The normalized spacial score (nSPS) is 16.0. The minimum atomic E-state index is 0.275. The highest BCUT2D eigenvalue weighted by molar-refractivity contribution is 4.84. The Morgan fingerprint density at radius 3 is 2.21 bits per heavy atom. The smallest absolute Gasteiger partial charge is 0.0655 e. The fraction of sp³-hybridized carbons (Fsp3) is 0.923. The maximum atomic E-state index is 8.95. The Labute approximate surface area is 89.5 Å². The minimum Gasteiger partial charge on any atom is -0.198 e. The van der Waals surface area contributed by atoms with E-state index in [1.807, 2.05) is 0 Å². The summed E-state index contributed by atoms with van der Waals surface area (Å²) in [6.07, 6.45) is 4.47. The van der Waals surface area contributed by atoms with Crippen LogP contribution in [0, 0.1) is 28.6 Å². The van der Waals surface area contributed by atoms with Gasteiger partial charge in [0.1, 0.15) is 0 Å². The summed E-state index contributed by atoms with van der Waals surface area (Å²) in [6, 6.07) is 2.42. The lowest BCUT2D eigenvalue weighted by Gasteiger charge is -2.24. The van der Waals surface area contributed by atoms with Crippen molar-refractivity contribution in [3.63, 3.8) is 0 Å². The van der Waals surface area contributed by atoms with Gasteiger partial charge in [0.25, 0.3) is 0 Å². The van der Waals surface area contributed by atoms with Crippen molar-refractivity contribution in [1.82, 2.24) is 0 Å². The predicted molar refractivity (Wildman–Crippen MR) is 61.9 cm³/mol. The topological polar surface area (TPSA) is 23.8 Å². The van der Waals surface area contributed by atoms with Crippen LogP contribution in [-0.2, 0) is 0 Å². The molecule has 2 unspecified atom stereocenters. The second-order valence-corrected chi connectivity index (χ2v) is 5.72. The third kappa shape index (κ3) is 6.95. The Bertz CT molecular complexity index is 182. The van der Waals surface area contributed by atoms with E-state index in [0.29, 0.717) is 11.3 Å². The first-order valence-corrected chi connectivity index (χ1v) is 5.78. The van der Waals surface area contributed by atoms with Crippen LogP contribution in [0.25, 0.3) is 0 Å². The van der Waals surface area contributed by atoms with Crippen molar-refractivity contribution in [2.45, 2.75) is 60.3 Å². The Morgan fingerprint density at radius 1 is 1.29 bits per heavy atom. The van der Waals surface area contributed by atoms with Crippen LogP contribution in [0.15, 0.2) is 0 Å². The molecule has 0 aliphatic carbocycles. The first-order chi connectivity index (χ1) is 6.39. The lowest BCUT2D eigenvalue weighted by molar-refractivity contribution is 0.278. The Hall–Kier alpha value is -0.510. The van der Waals surface area contributed by atoms with Gasteiger partial charge in [-0.3, -0.25) is 0 Å². The van der Waals surface area contributed by atoms with E-state index in [9.17, 15) is 0 Å². The molecule has 0 aliphatic rings. The van der Waals surface area contributed by atoms with Crippen LogP contribution in [0.2, 0.25) is 0 Å². The molecule has 0 heterocycles. The third-order valence-electron chi connectivity index (χ3n) is 2.47. The molecule has 0 spiro atoms. The van der Waals surface area contributed by atoms with E-state index in [2.05, 4.69) is 40.7 Å². The van der Waals surface area contributed by atoms with Crippen molar-refractivity contribution in [1.29, 1.82) is 5.26 Å². The SMILES string of the molecule is CCCC(C#N)CC(C)CC(C)(C)C. The highest BCUT2D eigenvalue weighted by Gasteiger charge is 2.18. The van der Waals surface area contributed by atoms with E-state index in [1.165, 1.54) is 6.42 Å². The van der Waals surface area contributed by atoms with E-state index in [-0.39, 0.29) is 5.92 Å². The zero-order valence-electron chi connectivity index (χ0n) is 10.4. The fourth-order valence-corrected chi connectivity index (χ4v) is 2.20. The summed E-state index contributed by atoms with van der Waals surface area (Å²) >= 11 is 0. The summed E-state index contributed by atoms with van der Waals surface area (Å²) in [5, 5.41) is 8.95. The standard InChI is InChI=1S/C13H25N/c1-6-7-12(10-14)8-11(2)9-13(3,4)5/h11-12H,6-9H2,1-5H3. The average molecular weight is 195 g/mol. The summed E-state index contributed by atoms with van der Waals surface area (Å²) in [7, 11) is 0. The van der Waals surface area contributed by atoms with Gasteiger partial charge >= 0.3 is 0 Å². The van der Waals surface area contributed by atoms with Crippen molar-refractivity contribution in [2.75, 3.05) is 0 Å². The van der Waals surface area contributed by atoms with E-state index in [4.69, 9.17) is 5.26 Å². The van der Waals surface area contributed by atoms with Crippen molar-refractivity contribution < 1.29 is 0 Å². The van der Waals surface area contributed by atoms with Gasteiger partial charge < -0.3 is 0 Å². The Balaban J connectivity index is 3.92.